The summed E-state index contributed by atoms with van der Waals surface area (Å²) in [5, 5.41) is 8.05. The van der Waals surface area contributed by atoms with Gasteiger partial charge >= 0.3 is 5.97 Å². The number of carbonyl (C=O) groups is 2. The SMILES string of the molecule is COC(=O)CCCCNC(=O)c1c(C)nn(Cc2ccccc2Cl)c1Cl. The van der Waals surface area contributed by atoms with Gasteiger partial charge in [0.05, 0.1) is 24.9 Å². The molecule has 1 N–H and O–H groups in total. The zero-order valence-electron chi connectivity index (χ0n) is 14.7. The zero-order valence-corrected chi connectivity index (χ0v) is 16.2. The van der Waals surface area contributed by atoms with Gasteiger partial charge in [-0.1, -0.05) is 41.4 Å². The van der Waals surface area contributed by atoms with Gasteiger partial charge in [-0.3, -0.25) is 9.59 Å². The third-order valence-electron chi connectivity index (χ3n) is 3.89. The highest BCUT2D eigenvalue weighted by Crippen LogP contribution is 2.23. The number of ether oxygens (including phenoxy) is 1. The van der Waals surface area contributed by atoms with E-state index in [0.29, 0.717) is 48.6 Å². The van der Waals surface area contributed by atoms with E-state index < -0.39 is 0 Å². The van der Waals surface area contributed by atoms with E-state index in [0.717, 1.165) is 5.56 Å². The Morgan fingerprint density at radius 3 is 2.65 bits per heavy atom. The van der Waals surface area contributed by atoms with Crippen molar-refractivity contribution < 1.29 is 14.3 Å². The summed E-state index contributed by atoms with van der Waals surface area (Å²) >= 11 is 12.5. The fraction of sp³-hybridized carbons (Fsp3) is 0.389. The maximum absolute atomic E-state index is 12.4. The number of halogens is 2. The smallest absolute Gasteiger partial charge is 0.305 e. The molecule has 0 spiro atoms. The van der Waals surface area contributed by atoms with E-state index in [1.54, 1.807) is 17.7 Å². The quantitative estimate of drug-likeness (QED) is 0.545. The van der Waals surface area contributed by atoms with E-state index >= 15 is 0 Å². The predicted octanol–water partition coefficient (Wildman–Crippen LogP) is 3.62. The van der Waals surface area contributed by atoms with Gasteiger partial charge in [0.2, 0.25) is 0 Å². The van der Waals surface area contributed by atoms with Crippen LogP contribution in [0.3, 0.4) is 0 Å². The number of rotatable bonds is 8. The van der Waals surface area contributed by atoms with E-state index in [-0.39, 0.29) is 17.0 Å². The second kappa shape index (κ2) is 9.59. The average molecular weight is 398 g/mol. The Labute approximate surface area is 162 Å². The van der Waals surface area contributed by atoms with Crippen LogP contribution < -0.4 is 5.32 Å². The Bertz CT molecular complexity index is 790. The summed E-state index contributed by atoms with van der Waals surface area (Å²) in [4.78, 5) is 23.5. The molecule has 1 aromatic heterocycles. The lowest BCUT2D eigenvalue weighted by Gasteiger charge is -2.07. The van der Waals surface area contributed by atoms with Crippen LogP contribution in [0.4, 0.5) is 0 Å². The van der Waals surface area contributed by atoms with Crippen molar-refractivity contribution in [3.05, 3.63) is 51.3 Å². The summed E-state index contributed by atoms with van der Waals surface area (Å²) < 4.78 is 6.13. The van der Waals surface area contributed by atoms with Crippen LogP contribution in [0.5, 0.6) is 0 Å². The Hall–Kier alpha value is -2.05. The number of methoxy groups -OCH3 is 1. The van der Waals surface area contributed by atoms with Crippen LogP contribution in [0.25, 0.3) is 0 Å². The molecule has 0 bridgehead atoms. The van der Waals surface area contributed by atoms with Crippen LogP contribution in [0, 0.1) is 6.92 Å². The van der Waals surface area contributed by atoms with Gasteiger partial charge in [0.15, 0.2) is 0 Å². The monoisotopic (exact) mass is 397 g/mol. The summed E-state index contributed by atoms with van der Waals surface area (Å²) in [5.41, 5.74) is 1.77. The van der Waals surface area contributed by atoms with Gasteiger partial charge in [0.25, 0.3) is 5.91 Å². The Kier molecular flexibility index (Phi) is 7.48. The molecule has 6 nitrogen and oxygen atoms in total. The Balaban J connectivity index is 1.97. The highest BCUT2D eigenvalue weighted by atomic mass is 35.5. The average Bonchev–Trinajstić information content (AvgIpc) is 2.89. The molecule has 1 heterocycles. The summed E-state index contributed by atoms with van der Waals surface area (Å²) in [7, 11) is 1.36. The Morgan fingerprint density at radius 2 is 1.96 bits per heavy atom. The minimum Gasteiger partial charge on any atom is -0.469 e. The lowest BCUT2D eigenvalue weighted by molar-refractivity contribution is -0.140. The summed E-state index contributed by atoms with van der Waals surface area (Å²) in [6, 6.07) is 7.41. The first-order chi connectivity index (χ1) is 12.4. The van der Waals surface area contributed by atoms with E-state index in [1.807, 2.05) is 18.2 Å². The maximum atomic E-state index is 12.4. The Morgan fingerprint density at radius 1 is 1.23 bits per heavy atom. The topological polar surface area (TPSA) is 73.2 Å². The number of amides is 1. The number of aryl methyl sites for hydroxylation is 1. The molecule has 0 saturated carbocycles. The molecule has 26 heavy (non-hydrogen) atoms. The molecule has 0 atom stereocenters. The van der Waals surface area contributed by atoms with Crippen LogP contribution in [0.1, 0.15) is 40.9 Å². The molecule has 140 valence electrons. The molecule has 0 saturated heterocycles. The number of esters is 1. The van der Waals surface area contributed by atoms with Crippen molar-refractivity contribution in [3.63, 3.8) is 0 Å². The zero-order chi connectivity index (χ0) is 19.1. The summed E-state index contributed by atoms with van der Waals surface area (Å²) in [6.07, 6.45) is 1.65. The lowest BCUT2D eigenvalue weighted by Crippen LogP contribution is -2.25. The molecular weight excluding hydrogens is 377 g/mol. The first-order valence-corrected chi connectivity index (χ1v) is 9.01. The number of hydrogen-bond acceptors (Lipinski definition) is 4. The van der Waals surface area contributed by atoms with Crippen molar-refractivity contribution in [1.82, 2.24) is 15.1 Å². The van der Waals surface area contributed by atoms with Crippen molar-refractivity contribution in [3.8, 4) is 0 Å². The number of unbranched alkanes of at least 4 members (excludes halogenated alkanes) is 1. The lowest BCUT2D eigenvalue weighted by atomic mass is 10.2. The molecule has 2 aromatic rings. The van der Waals surface area contributed by atoms with Crippen molar-refractivity contribution in [2.45, 2.75) is 32.7 Å². The van der Waals surface area contributed by atoms with E-state index in [4.69, 9.17) is 23.2 Å². The van der Waals surface area contributed by atoms with E-state index in [9.17, 15) is 9.59 Å². The molecule has 2 rings (SSSR count). The molecule has 0 aliphatic rings. The molecule has 0 aliphatic carbocycles. The van der Waals surface area contributed by atoms with Crippen molar-refractivity contribution >= 4 is 35.1 Å². The van der Waals surface area contributed by atoms with Gasteiger partial charge in [-0.15, -0.1) is 0 Å². The standard InChI is InChI=1S/C18H21Cl2N3O3/c1-12-16(18(25)21-10-6-5-9-15(24)26-2)17(20)23(22-12)11-13-7-3-4-8-14(13)19/h3-4,7-8H,5-6,9-11H2,1-2H3,(H,21,25). The fourth-order valence-electron chi connectivity index (χ4n) is 2.49. The number of nitrogens with one attached hydrogen (secondary N) is 1. The minimum atomic E-state index is -0.282. The maximum Gasteiger partial charge on any atom is 0.305 e. The van der Waals surface area contributed by atoms with Crippen LogP contribution in [0.15, 0.2) is 24.3 Å². The number of benzene rings is 1. The van der Waals surface area contributed by atoms with Gasteiger partial charge < -0.3 is 10.1 Å². The number of aromatic nitrogens is 2. The van der Waals surface area contributed by atoms with E-state index in [2.05, 4.69) is 15.2 Å². The van der Waals surface area contributed by atoms with Crippen molar-refractivity contribution in [2.24, 2.45) is 0 Å². The van der Waals surface area contributed by atoms with Gasteiger partial charge in [-0.25, -0.2) is 4.68 Å². The van der Waals surface area contributed by atoms with Crippen molar-refractivity contribution in [1.29, 1.82) is 0 Å². The highest BCUT2D eigenvalue weighted by Gasteiger charge is 2.20. The second-order valence-electron chi connectivity index (χ2n) is 5.79. The summed E-state index contributed by atoms with van der Waals surface area (Å²) in [6.45, 7) is 2.56. The first-order valence-electron chi connectivity index (χ1n) is 8.25. The number of nitrogens with zero attached hydrogens (tertiary/aromatic N) is 2. The molecule has 8 heteroatoms. The number of hydrogen-bond donors (Lipinski definition) is 1. The van der Waals surface area contributed by atoms with Crippen LogP contribution >= 0.6 is 23.2 Å². The largest absolute Gasteiger partial charge is 0.469 e. The second-order valence-corrected chi connectivity index (χ2v) is 6.55. The first kappa shape index (κ1) is 20.3. The molecular formula is C18H21Cl2N3O3. The van der Waals surface area contributed by atoms with Crippen molar-refractivity contribution in [2.75, 3.05) is 13.7 Å². The molecule has 0 unspecified atom stereocenters. The number of carbonyl (C=O) groups excluding carboxylic acids is 2. The van der Waals surface area contributed by atoms with Crippen LogP contribution in [-0.4, -0.2) is 35.3 Å². The van der Waals surface area contributed by atoms with Crippen LogP contribution in [0.2, 0.25) is 10.2 Å². The van der Waals surface area contributed by atoms with Crippen LogP contribution in [-0.2, 0) is 16.1 Å². The third-order valence-corrected chi connectivity index (χ3v) is 4.64. The van der Waals surface area contributed by atoms with Gasteiger partial charge in [0, 0.05) is 18.0 Å². The molecule has 0 radical (unpaired) electrons. The van der Waals surface area contributed by atoms with Gasteiger partial charge in [-0.05, 0) is 31.4 Å². The van der Waals surface area contributed by atoms with Gasteiger partial charge in [0.1, 0.15) is 5.15 Å². The summed E-state index contributed by atoms with van der Waals surface area (Å²) in [5.74, 6) is -0.535. The van der Waals surface area contributed by atoms with Gasteiger partial charge in [-0.2, -0.15) is 5.10 Å². The predicted molar refractivity (Wildman–Crippen MR) is 101 cm³/mol. The highest BCUT2D eigenvalue weighted by molar-refractivity contribution is 6.33. The minimum absolute atomic E-state index is 0.254. The third kappa shape index (κ3) is 5.22. The molecule has 1 amide bonds. The molecule has 0 aliphatic heterocycles. The molecule has 0 fully saturated rings. The fourth-order valence-corrected chi connectivity index (χ4v) is 3.01. The normalized spacial score (nSPS) is 10.6. The molecule has 1 aromatic carbocycles. The van der Waals surface area contributed by atoms with E-state index in [1.165, 1.54) is 7.11 Å².